The zero-order valence-corrected chi connectivity index (χ0v) is 9.79. The summed E-state index contributed by atoms with van der Waals surface area (Å²) < 4.78 is 4.98. The molecular weight excluding hydrogens is 208 g/mol. The van der Waals surface area contributed by atoms with Crippen LogP contribution in [0.25, 0.3) is 0 Å². The van der Waals surface area contributed by atoms with Crippen molar-refractivity contribution >= 4 is 17.5 Å². The predicted octanol–water partition coefficient (Wildman–Crippen LogP) is 1.35. The van der Waals surface area contributed by atoms with Gasteiger partial charge in [0.25, 0.3) is 0 Å². The maximum atomic E-state index is 12.0. The standard InChI is InChI=1S/C12H14O4/c1-7-5-10(8(2)13)11(15)12(4,6-7)16-9(3)14/h5-6H,1-4H3. The molecule has 4 heteroatoms. The van der Waals surface area contributed by atoms with Crippen molar-refractivity contribution in [3.05, 3.63) is 23.3 Å². The summed E-state index contributed by atoms with van der Waals surface area (Å²) in [6, 6.07) is 0. The molecule has 86 valence electrons. The molecule has 0 aromatic carbocycles. The third-order valence-corrected chi connectivity index (χ3v) is 2.31. The average Bonchev–Trinajstić information content (AvgIpc) is 2.09. The van der Waals surface area contributed by atoms with Crippen LogP contribution in [0.5, 0.6) is 0 Å². The van der Waals surface area contributed by atoms with E-state index in [-0.39, 0.29) is 11.4 Å². The molecule has 0 bridgehead atoms. The highest BCUT2D eigenvalue weighted by atomic mass is 16.6. The normalized spacial score (nSPS) is 24.6. The lowest BCUT2D eigenvalue weighted by Gasteiger charge is -2.28. The number of ether oxygens (including phenoxy) is 1. The summed E-state index contributed by atoms with van der Waals surface area (Å²) in [5, 5.41) is 0. The van der Waals surface area contributed by atoms with Gasteiger partial charge in [-0.25, -0.2) is 0 Å². The Kier molecular flexibility index (Phi) is 3.12. The highest BCUT2D eigenvalue weighted by molar-refractivity contribution is 6.24. The monoisotopic (exact) mass is 222 g/mol. The van der Waals surface area contributed by atoms with Crippen LogP contribution in [0.1, 0.15) is 27.7 Å². The summed E-state index contributed by atoms with van der Waals surface area (Å²) in [4.78, 5) is 34.2. The zero-order chi connectivity index (χ0) is 12.5. The summed E-state index contributed by atoms with van der Waals surface area (Å²) in [5.41, 5.74) is -0.552. The van der Waals surface area contributed by atoms with Crippen LogP contribution in [0.2, 0.25) is 0 Å². The van der Waals surface area contributed by atoms with Gasteiger partial charge in [-0.1, -0.05) is 0 Å². The molecule has 1 unspecified atom stereocenters. The van der Waals surface area contributed by atoms with E-state index in [0.717, 1.165) is 5.57 Å². The van der Waals surface area contributed by atoms with Gasteiger partial charge in [-0.3, -0.25) is 14.4 Å². The van der Waals surface area contributed by atoms with E-state index in [1.165, 1.54) is 26.8 Å². The molecule has 0 N–H and O–H groups in total. The first-order valence-electron chi connectivity index (χ1n) is 4.93. The minimum Gasteiger partial charge on any atom is -0.447 e. The molecule has 0 aromatic heterocycles. The van der Waals surface area contributed by atoms with Crippen molar-refractivity contribution in [2.24, 2.45) is 0 Å². The van der Waals surface area contributed by atoms with E-state index in [4.69, 9.17) is 4.74 Å². The fraction of sp³-hybridized carbons (Fsp3) is 0.417. The summed E-state index contributed by atoms with van der Waals surface area (Å²) in [7, 11) is 0. The second-order valence-electron chi connectivity index (χ2n) is 4.03. The van der Waals surface area contributed by atoms with E-state index in [2.05, 4.69) is 0 Å². The number of carbonyl (C=O) groups excluding carboxylic acids is 3. The molecular formula is C12H14O4. The number of esters is 1. The molecule has 0 aliphatic heterocycles. The number of carbonyl (C=O) groups is 3. The molecule has 16 heavy (non-hydrogen) atoms. The van der Waals surface area contributed by atoms with Crippen LogP contribution < -0.4 is 0 Å². The summed E-state index contributed by atoms with van der Waals surface area (Å²) in [5.74, 6) is -1.35. The third-order valence-electron chi connectivity index (χ3n) is 2.31. The van der Waals surface area contributed by atoms with Gasteiger partial charge in [0.15, 0.2) is 11.4 Å². The van der Waals surface area contributed by atoms with Gasteiger partial charge < -0.3 is 4.74 Å². The molecule has 0 spiro atoms. The van der Waals surface area contributed by atoms with E-state index in [1.54, 1.807) is 13.0 Å². The van der Waals surface area contributed by atoms with Crippen molar-refractivity contribution in [3.63, 3.8) is 0 Å². The maximum Gasteiger partial charge on any atom is 0.303 e. The highest BCUT2D eigenvalue weighted by Crippen LogP contribution is 2.26. The van der Waals surface area contributed by atoms with Gasteiger partial charge in [0.05, 0.1) is 5.57 Å². The molecule has 0 fully saturated rings. The van der Waals surface area contributed by atoms with Crippen LogP contribution in [0, 0.1) is 0 Å². The Morgan fingerprint density at radius 2 is 1.88 bits per heavy atom. The molecule has 4 nitrogen and oxygen atoms in total. The van der Waals surface area contributed by atoms with Gasteiger partial charge in [-0.05, 0) is 38.5 Å². The largest absolute Gasteiger partial charge is 0.447 e. The number of hydrogen-bond donors (Lipinski definition) is 0. The molecule has 1 aliphatic rings. The average molecular weight is 222 g/mol. The lowest BCUT2D eigenvalue weighted by atomic mass is 9.85. The fourth-order valence-electron chi connectivity index (χ4n) is 1.74. The van der Waals surface area contributed by atoms with Crippen molar-refractivity contribution in [2.45, 2.75) is 33.3 Å². The molecule has 0 aromatic rings. The predicted molar refractivity (Wildman–Crippen MR) is 57.7 cm³/mol. The van der Waals surface area contributed by atoms with Crippen LogP contribution in [0.4, 0.5) is 0 Å². The number of rotatable bonds is 2. The minimum absolute atomic E-state index is 0.0729. The van der Waals surface area contributed by atoms with Gasteiger partial charge in [-0.15, -0.1) is 0 Å². The fourth-order valence-corrected chi connectivity index (χ4v) is 1.74. The zero-order valence-electron chi connectivity index (χ0n) is 9.79. The van der Waals surface area contributed by atoms with Crippen LogP contribution in [0.15, 0.2) is 23.3 Å². The van der Waals surface area contributed by atoms with Crippen molar-refractivity contribution in [2.75, 3.05) is 0 Å². The Hall–Kier alpha value is -1.71. The number of ketones is 2. The maximum absolute atomic E-state index is 12.0. The van der Waals surface area contributed by atoms with E-state index in [0.29, 0.717) is 0 Å². The summed E-state index contributed by atoms with van der Waals surface area (Å²) in [6.45, 7) is 5.78. The molecule has 0 heterocycles. The topological polar surface area (TPSA) is 60.4 Å². The van der Waals surface area contributed by atoms with E-state index < -0.39 is 17.4 Å². The molecule has 1 rings (SSSR count). The van der Waals surface area contributed by atoms with Gasteiger partial charge in [0.2, 0.25) is 5.78 Å². The molecule has 0 radical (unpaired) electrons. The molecule has 1 aliphatic carbocycles. The first kappa shape index (κ1) is 12.4. The second kappa shape index (κ2) is 4.04. The molecule has 1 atom stereocenters. The van der Waals surface area contributed by atoms with Crippen molar-refractivity contribution in [1.29, 1.82) is 0 Å². The summed E-state index contributed by atoms with van der Waals surface area (Å²) >= 11 is 0. The third kappa shape index (κ3) is 2.27. The Morgan fingerprint density at radius 1 is 1.31 bits per heavy atom. The lowest BCUT2D eigenvalue weighted by Crippen LogP contribution is -2.42. The lowest BCUT2D eigenvalue weighted by molar-refractivity contribution is -0.157. The Balaban J connectivity index is 3.18. The van der Waals surface area contributed by atoms with Crippen LogP contribution >= 0.6 is 0 Å². The smallest absolute Gasteiger partial charge is 0.303 e. The van der Waals surface area contributed by atoms with Gasteiger partial charge in [0.1, 0.15) is 0 Å². The van der Waals surface area contributed by atoms with Crippen molar-refractivity contribution in [3.8, 4) is 0 Å². The minimum atomic E-state index is -1.36. The highest BCUT2D eigenvalue weighted by Gasteiger charge is 2.40. The van der Waals surface area contributed by atoms with Crippen LogP contribution in [0.3, 0.4) is 0 Å². The first-order valence-corrected chi connectivity index (χ1v) is 4.93. The van der Waals surface area contributed by atoms with Crippen LogP contribution in [-0.2, 0) is 19.1 Å². The Bertz CT molecular complexity index is 428. The van der Waals surface area contributed by atoms with Crippen LogP contribution in [-0.4, -0.2) is 23.1 Å². The number of hydrogen-bond acceptors (Lipinski definition) is 4. The molecule has 0 saturated carbocycles. The van der Waals surface area contributed by atoms with E-state index in [9.17, 15) is 14.4 Å². The van der Waals surface area contributed by atoms with Gasteiger partial charge >= 0.3 is 5.97 Å². The quantitative estimate of drug-likeness (QED) is 0.522. The number of Topliss-reactive ketones (excluding diaryl/α,β-unsaturated/α-hetero) is 2. The van der Waals surface area contributed by atoms with Gasteiger partial charge in [-0.2, -0.15) is 0 Å². The Morgan fingerprint density at radius 3 is 2.31 bits per heavy atom. The van der Waals surface area contributed by atoms with E-state index in [1.807, 2.05) is 0 Å². The first-order chi connectivity index (χ1) is 7.26. The number of allylic oxidation sites excluding steroid dienone is 2. The Labute approximate surface area is 94.0 Å². The van der Waals surface area contributed by atoms with Crippen molar-refractivity contribution in [1.82, 2.24) is 0 Å². The molecule has 0 saturated heterocycles. The van der Waals surface area contributed by atoms with Crippen molar-refractivity contribution < 1.29 is 19.1 Å². The molecule has 0 amide bonds. The summed E-state index contributed by atoms with van der Waals surface area (Å²) in [6.07, 6.45) is 3.05. The van der Waals surface area contributed by atoms with E-state index >= 15 is 0 Å². The second-order valence-corrected chi connectivity index (χ2v) is 4.03. The van der Waals surface area contributed by atoms with Gasteiger partial charge in [0, 0.05) is 6.92 Å². The SMILES string of the molecule is CC(=O)OC1(C)C=C(C)C=C(C(C)=O)C1=O.